The first-order valence-corrected chi connectivity index (χ1v) is 4.79. The lowest BCUT2D eigenvalue weighted by atomic mass is 9.86. The van der Waals surface area contributed by atoms with Crippen LogP contribution in [0.5, 0.6) is 0 Å². The van der Waals surface area contributed by atoms with E-state index in [9.17, 15) is 9.90 Å². The molecular weight excluding hydrogens is 184 g/mol. The minimum atomic E-state index is -1.44. The summed E-state index contributed by atoms with van der Waals surface area (Å²) >= 11 is 0. The third-order valence-electron chi connectivity index (χ3n) is 2.75. The molecule has 2 rings (SSSR count). The first kappa shape index (κ1) is 9.68. The van der Waals surface area contributed by atoms with Crippen LogP contribution in [0.2, 0.25) is 0 Å². The van der Waals surface area contributed by atoms with Gasteiger partial charge in [0.15, 0.2) is 5.79 Å². The third-order valence-corrected chi connectivity index (χ3v) is 2.75. The van der Waals surface area contributed by atoms with Crippen molar-refractivity contribution in [2.24, 2.45) is 5.92 Å². The first-order valence-electron chi connectivity index (χ1n) is 4.79. The summed E-state index contributed by atoms with van der Waals surface area (Å²) in [6, 6.07) is 0. The van der Waals surface area contributed by atoms with Crippen LogP contribution in [0.3, 0.4) is 0 Å². The van der Waals surface area contributed by atoms with Crippen LogP contribution in [-0.2, 0) is 14.3 Å². The largest absolute Gasteiger partial charge is 0.466 e. The number of ether oxygens (including phenoxy) is 2. The highest BCUT2D eigenvalue weighted by Gasteiger charge is 2.58. The van der Waals surface area contributed by atoms with Crippen LogP contribution in [0.4, 0.5) is 0 Å². The van der Waals surface area contributed by atoms with Gasteiger partial charge in [0, 0.05) is 0 Å². The molecule has 4 nitrogen and oxygen atoms in total. The maximum atomic E-state index is 11.5. The summed E-state index contributed by atoms with van der Waals surface area (Å²) in [5.41, 5.74) is -0.508. The summed E-state index contributed by atoms with van der Waals surface area (Å²) in [6.07, 6.45) is 3.82. The fourth-order valence-corrected chi connectivity index (χ4v) is 2.08. The lowest BCUT2D eigenvalue weighted by Crippen LogP contribution is -2.37. The van der Waals surface area contributed by atoms with Crippen molar-refractivity contribution in [3.63, 3.8) is 0 Å². The van der Waals surface area contributed by atoms with Gasteiger partial charge in [0.25, 0.3) is 0 Å². The number of hydrogen-bond acceptors (Lipinski definition) is 4. The van der Waals surface area contributed by atoms with Gasteiger partial charge >= 0.3 is 5.97 Å². The lowest BCUT2D eigenvalue weighted by molar-refractivity contribution is -0.190. The second-order valence-corrected chi connectivity index (χ2v) is 4.01. The second kappa shape index (κ2) is 2.81. The van der Waals surface area contributed by atoms with Crippen molar-refractivity contribution in [2.75, 3.05) is 6.61 Å². The Balaban J connectivity index is 2.17. The van der Waals surface area contributed by atoms with Crippen LogP contribution in [0.15, 0.2) is 12.2 Å². The number of hydrogen-bond donors (Lipinski definition) is 1. The van der Waals surface area contributed by atoms with E-state index in [0.29, 0.717) is 13.0 Å². The van der Waals surface area contributed by atoms with Gasteiger partial charge in [-0.05, 0) is 26.3 Å². The molecule has 78 valence electrons. The van der Waals surface area contributed by atoms with Gasteiger partial charge in [0.2, 0.25) is 0 Å². The van der Waals surface area contributed by atoms with Gasteiger partial charge in [-0.15, -0.1) is 0 Å². The Morgan fingerprint density at radius 2 is 2.43 bits per heavy atom. The summed E-state index contributed by atoms with van der Waals surface area (Å²) < 4.78 is 10.2. The van der Waals surface area contributed by atoms with Gasteiger partial charge in [-0.3, -0.25) is 4.79 Å². The Hall–Kier alpha value is -0.870. The predicted molar refractivity (Wildman–Crippen MR) is 48.3 cm³/mol. The molecule has 0 radical (unpaired) electrons. The molecule has 0 amide bonds. The molecule has 0 aliphatic carbocycles. The Bertz CT molecular complexity index is 298. The van der Waals surface area contributed by atoms with Gasteiger partial charge in [-0.1, -0.05) is 6.08 Å². The predicted octanol–water partition coefficient (Wildman–Crippen LogP) is 0.603. The molecule has 1 N–H and O–H groups in total. The lowest BCUT2D eigenvalue weighted by Gasteiger charge is -2.22. The molecule has 3 atom stereocenters. The second-order valence-electron chi connectivity index (χ2n) is 4.01. The topological polar surface area (TPSA) is 55.8 Å². The molecule has 0 aromatic rings. The summed E-state index contributed by atoms with van der Waals surface area (Å²) in [5.74, 6) is -2.42. The first-order chi connectivity index (χ1) is 6.49. The summed E-state index contributed by atoms with van der Waals surface area (Å²) in [7, 11) is 0. The molecule has 2 aliphatic rings. The standard InChI is InChI=1S/C10H14O4/c1-3-13-8(11)7-6-9(2)4-5-10(7,12)14-9/h4-5,7,12H,3,6H2,1-2H3. The number of aliphatic hydroxyl groups is 1. The van der Waals surface area contributed by atoms with E-state index in [-0.39, 0.29) is 5.97 Å². The van der Waals surface area contributed by atoms with E-state index in [4.69, 9.17) is 9.47 Å². The third kappa shape index (κ3) is 1.26. The van der Waals surface area contributed by atoms with Crippen molar-refractivity contribution in [3.8, 4) is 0 Å². The number of carbonyl (C=O) groups is 1. The fraction of sp³-hybridized carbons (Fsp3) is 0.700. The Morgan fingerprint density at radius 3 is 2.86 bits per heavy atom. The maximum Gasteiger partial charge on any atom is 0.314 e. The van der Waals surface area contributed by atoms with Crippen molar-refractivity contribution >= 4 is 5.97 Å². The van der Waals surface area contributed by atoms with Crippen LogP contribution < -0.4 is 0 Å². The minimum Gasteiger partial charge on any atom is -0.466 e. The van der Waals surface area contributed by atoms with Crippen LogP contribution >= 0.6 is 0 Å². The van der Waals surface area contributed by atoms with Gasteiger partial charge in [-0.2, -0.15) is 0 Å². The molecule has 0 aromatic heterocycles. The van der Waals surface area contributed by atoms with Gasteiger partial charge in [-0.25, -0.2) is 0 Å². The summed E-state index contributed by atoms with van der Waals surface area (Å²) in [6.45, 7) is 3.92. The van der Waals surface area contributed by atoms with E-state index in [1.54, 1.807) is 13.0 Å². The van der Waals surface area contributed by atoms with Gasteiger partial charge in [0.1, 0.15) is 5.92 Å². The smallest absolute Gasteiger partial charge is 0.314 e. The van der Waals surface area contributed by atoms with Crippen LogP contribution in [0.25, 0.3) is 0 Å². The number of fused-ring (bicyclic) bond motifs is 2. The van der Waals surface area contributed by atoms with E-state index < -0.39 is 17.3 Å². The molecule has 14 heavy (non-hydrogen) atoms. The van der Waals surface area contributed by atoms with Crippen molar-refractivity contribution in [1.82, 2.24) is 0 Å². The normalized spacial score (nSPS) is 44.4. The highest BCUT2D eigenvalue weighted by Crippen LogP contribution is 2.48. The van der Waals surface area contributed by atoms with Crippen LogP contribution in [-0.4, -0.2) is 29.1 Å². The SMILES string of the molecule is CCOC(=O)C1CC2(C)C=CC1(O)O2. The average molecular weight is 198 g/mol. The number of esters is 1. The molecule has 0 spiro atoms. The molecule has 2 bridgehead atoms. The maximum absolute atomic E-state index is 11.5. The van der Waals surface area contributed by atoms with Gasteiger partial charge in [0.05, 0.1) is 12.2 Å². The number of rotatable bonds is 2. The molecule has 1 saturated heterocycles. The van der Waals surface area contributed by atoms with E-state index in [1.807, 2.05) is 6.92 Å². The zero-order chi connectivity index (χ0) is 10.4. The Kier molecular flexibility index (Phi) is 1.94. The molecule has 0 saturated carbocycles. The average Bonchev–Trinajstić information content (AvgIpc) is 2.53. The quantitative estimate of drug-likeness (QED) is 0.521. The van der Waals surface area contributed by atoms with Crippen LogP contribution in [0, 0.1) is 5.92 Å². The van der Waals surface area contributed by atoms with E-state index >= 15 is 0 Å². The highest BCUT2D eigenvalue weighted by molar-refractivity contribution is 5.75. The monoisotopic (exact) mass is 198 g/mol. The number of carbonyl (C=O) groups excluding carboxylic acids is 1. The van der Waals surface area contributed by atoms with Crippen molar-refractivity contribution in [2.45, 2.75) is 31.7 Å². The summed E-state index contributed by atoms with van der Waals surface area (Å²) in [5, 5.41) is 9.95. The van der Waals surface area contributed by atoms with Crippen molar-refractivity contribution in [3.05, 3.63) is 12.2 Å². The molecular formula is C10H14O4. The van der Waals surface area contributed by atoms with Crippen molar-refractivity contribution in [1.29, 1.82) is 0 Å². The summed E-state index contributed by atoms with van der Waals surface area (Å²) in [4.78, 5) is 11.5. The zero-order valence-corrected chi connectivity index (χ0v) is 8.32. The van der Waals surface area contributed by atoms with Gasteiger partial charge < -0.3 is 14.6 Å². The highest BCUT2D eigenvalue weighted by atomic mass is 16.7. The van der Waals surface area contributed by atoms with E-state index in [2.05, 4.69) is 0 Å². The zero-order valence-electron chi connectivity index (χ0n) is 8.32. The van der Waals surface area contributed by atoms with E-state index in [0.717, 1.165) is 0 Å². The van der Waals surface area contributed by atoms with Crippen LogP contribution in [0.1, 0.15) is 20.3 Å². The fourth-order valence-electron chi connectivity index (χ4n) is 2.08. The molecule has 0 aromatic carbocycles. The Morgan fingerprint density at radius 1 is 1.71 bits per heavy atom. The van der Waals surface area contributed by atoms with Crippen molar-refractivity contribution < 1.29 is 19.4 Å². The Labute approximate surface area is 82.5 Å². The molecule has 4 heteroatoms. The molecule has 2 aliphatic heterocycles. The molecule has 1 fully saturated rings. The molecule has 2 heterocycles. The minimum absolute atomic E-state index is 0.325. The molecule has 3 unspecified atom stereocenters. The van der Waals surface area contributed by atoms with E-state index in [1.165, 1.54) is 6.08 Å².